The van der Waals surface area contributed by atoms with Gasteiger partial charge in [0.15, 0.2) is 6.61 Å². The highest BCUT2D eigenvalue weighted by Crippen LogP contribution is 2.21. The second kappa shape index (κ2) is 9.19. The zero-order valence-electron chi connectivity index (χ0n) is 15.4. The second-order valence-electron chi connectivity index (χ2n) is 6.13. The predicted molar refractivity (Wildman–Crippen MR) is 104 cm³/mol. The van der Waals surface area contributed by atoms with Gasteiger partial charge in [-0.2, -0.15) is 0 Å². The molecule has 0 spiro atoms. The molecule has 0 aliphatic rings. The average molecular weight is 389 g/mol. The van der Waals surface area contributed by atoms with Crippen LogP contribution in [0.4, 0.5) is 5.69 Å². The molecule has 6 nitrogen and oxygen atoms in total. The molecule has 0 aliphatic carbocycles. The molecule has 0 saturated carbocycles. The molecule has 27 heavy (non-hydrogen) atoms. The quantitative estimate of drug-likeness (QED) is 0.769. The van der Waals surface area contributed by atoms with Crippen LogP contribution in [-0.2, 0) is 20.9 Å². The standard InChI is InChI=1S/C20H21ClN2O4/c1-13-6-4-9-17(19(13)22-14(2)24)20(26)27-12-18(25)23(3)11-15-7-5-8-16(21)10-15/h4-10H,11-12H2,1-3H3,(H,22,24). The molecule has 2 aromatic carbocycles. The molecule has 7 heteroatoms. The van der Waals surface area contributed by atoms with Gasteiger partial charge in [-0.15, -0.1) is 0 Å². The summed E-state index contributed by atoms with van der Waals surface area (Å²) in [7, 11) is 1.62. The van der Waals surface area contributed by atoms with Gasteiger partial charge in [-0.1, -0.05) is 35.9 Å². The van der Waals surface area contributed by atoms with Crippen molar-refractivity contribution in [2.45, 2.75) is 20.4 Å². The fourth-order valence-corrected chi connectivity index (χ4v) is 2.71. The van der Waals surface area contributed by atoms with Crippen LogP contribution in [0, 0.1) is 6.92 Å². The van der Waals surface area contributed by atoms with E-state index in [2.05, 4.69) is 5.32 Å². The Hall–Kier alpha value is -2.86. The SMILES string of the molecule is CC(=O)Nc1c(C)cccc1C(=O)OCC(=O)N(C)Cc1cccc(Cl)c1. The lowest BCUT2D eigenvalue weighted by Gasteiger charge is -2.18. The van der Waals surface area contributed by atoms with Gasteiger partial charge in [0, 0.05) is 25.5 Å². The Morgan fingerprint density at radius 3 is 2.52 bits per heavy atom. The summed E-state index contributed by atoms with van der Waals surface area (Å²) in [6, 6.07) is 12.2. The van der Waals surface area contributed by atoms with Gasteiger partial charge < -0.3 is 15.0 Å². The number of aryl methyl sites for hydroxylation is 1. The summed E-state index contributed by atoms with van der Waals surface area (Å²) in [4.78, 5) is 37.4. The molecule has 0 fully saturated rings. The van der Waals surface area contributed by atoms with Gasteiger partial charge in [-0.25, -0.2) is 4.79 Å². The number of likely N-dealkylation sites (N-methyl/N-ethyl adjacent to an activating group) is 1. The maximum absolute atomic E-state index is 12.4. The molecule has 0 heterocycles. The van der Waals surface area contributed by atoms with Crippen molar-refractivity contribution in [1.82, 2.24) is 4.90 Å². The van der Waals surface area contributed by atoms with E-state index < -0.39 is 12.6 Å². The van der Waals surface area contributed by atoms with Crippen LogP contribution in [0.15, 0.2) is 42.5 Å². The number of carbonyl (C=O) groups excluding carboxylic acids is 3. The van der Waals surface area contributed by atoms with E-state index in [1.54, 1.807) is 50.4 Å². The van der Waals surface area contributed by atoms with Crippen molar-refractivity contribution in [3.63, 3.8) is 0 Å². The molecule has 0 bridgehead atoms. The van der Waals surface area contributed by atoms with E-state index in [4.69, 9.17) is 16.3 Å². The highest BCUT2D eigenvalue weighted by atomic mass is 35.5. The fraction of sp³-hybridized carbons (Fsp3) is 0.250. The Kier molecular flexibility index (Phi) is 6.96. The number of anilines is 1. The maximum atomic E-state index is 12.4. The molecule has 0 atom stereocenters. The number of nitrogens with zero attached hydrogens (tertiary/aromatic N) is 1. The number of hydrogen-bond acceptors (Lipinski definition) is 4. The van der Waals surface area contributed by atoms with E-state index in [0.29, 0.717) is 17.3 Å². The van der Waals surface area contributed by atoms with Crippen molar-refractivity contribution in [3.05, 3.63) is 64.2 Å². The van der Waals surface area contributed by atoms with E-state index in [0.717, 1.165) is 11.1 Å². The third kappa shape index (κ3) is 5.82. The summed E-state index contributed by atoms with van der Waals surface area (Å²) < 4.78 is 5.14. The van der Waals surface area contributed by atoms with Crippen LogP contribution in [0.2, 0.25) is 5.02 Å². The predicted octanol–water partition coefficient (Wildman–Crippen LogP) is 3.42. The number of esters is 1. The summed E-state index contributed by atoms with van der Waals surface area (Å²) in [5, 5.41) is 3.21. The molecule has 142 valence electrons. The molecule has 2 aromatic rings. The highest BCUT2D eigenvalue weighted by molar-refractivity contribution is 6.30. The van der Waals surface area contributed by atoms with Gasteiger partial charge in [0.05, 0.1) is 11.3 Å². The van der Waals surface area contributed by atoms with Crippen LogP contribution in [0.1, 0.15) is 28.4 Å². The summed E-state index contributed by atoms with van der Waals surface area (Å²) in [5.41, 5.74) is 2.19. The van der Waals surface area contributed by atoms with Gasteiger partial charge in [0.2, 0.25) is 5.91 Å². The number of halogens is 1. The first-order valence-corrected chi connectivity index (χ1v) is 8.68. The minimum absolute atomic E-state index is 0.204. The molecule has 0 unspecified atom stereocenters. The first-order valence-electron chi connectivity index (χ1n) is 8.30. The van der Waals surface area contributed by atoms with Crippen molar-refractivity contribution in [3.8, 4) is 0 Å². The van der Waals surface area contributed by atoms with Gasteiger partial charge in [0.25, 0.3) is 5.91 Å². The number of benzene rings is 2. The number of para-hydroxylation sites is 1. The molecule has 0 radical (unpaired) electrons. The Bertz CT molecular complexity index is 867. The first kappa shape index (κ1) is 20.5. The van der Waals surface area contributed by atoms with E-state index in [-0.39, 0.29) is 17.4 Å². The third-order valence-electron chi connectivity index (χ3n) is 3.86. The lowest BCUT2D eigenvalue weighted by molar-refractivity contribution is -0.133. The Labute approximate surface area is 163 Å². The third-order valence-corrected chi connectivity index (χ3v) is 4.09. The molecular formula is C20H21ClN2O4. The lowest BCUT2D eigenvalue weighted by atomic mass is 10.1. The minimum Gasteiger partial charge on any atom is -0.452 e. The molecular weight excluding hydrogens is 368 g/mol. The summed E-state index contributed by atoms with van der Waals surface area (Å²) in [6.07, 6.45) is 0. The molecule has 0 saturated heterocycles. The van der Waals surface area contributed by atoms with Crippen molar-refractivity contribution >= 4 is 35.1 Å². The molecule has 2 rings (SSSR count). The molecule has 0 aliphatic heterocycles. The second-order valence-corrected chi connectivity index (χ2v) is 6.57. The first-order chi connectivity index (χ1) is 12.8. The van der Waals surface area contributed by atoms with E-state index in [9.17, 15) is 14.4 Å². The zero-order chi connectivity index (χ0) is 20.0. The Morgan fingerprint density at radius 1 is 1.15 bits per heavy atom. The van der Waals surface area contributed by atoms with Crippen molar-refractivity contribution in [1.29, 1.82) is 0 Å². The van der Waals surface area contributed by atoms with Crippen LogP contribution in [-0.4, -0.2) is 36.3 Å². The van der Waals surface area contributed by atoms with Gasteiger partial charge in [-0.05, 0) is 36.2 Å². The fourth-order valence-electron chi connectivity index (χ4n) is 2.49. The summed E-state index contributed by atoms with van der Waals surface area (Å²) in [5.74, 6) is -1.32. The number of amides is 2. The van der Waals surface area contributed by atoms with Gasteiger partial charge in [-0.3, -0.25) is 9.59 Å². The topological polar surface area (TPSA) is 75.7 Å². The lowest BCUT2D eigenvalue weighted by Crippen LogP contribution is -2.31. The Balaban J connectivity index is 1.99. The van der Waals surface area contributed by atoms with Crippen LogP contribution in [0.3, 0.4) is 0 Å². The smallest absolute Gasteiger partial charge is 0.340 e. The molecule has 0 aromatic heterocycles. The van der Waals surface area contributed by atoms with E-state index >= 15 is 0 Å². The molecule has 1 N–H and O–H groups in total. The van der Waals surface area contributed by atoms with Crippen molar-refractivity contribution in [2.24, 2.45) is 0 Å². The monoisotopic (exact) mass is 388 g/mol. The van der Waals surface area contributed by atoms with Crippen LogP contribution in [0.25, 0.3) is 0 Å². The van der Waals surface area contributed by atoms with Crippen LogP contribution in [0.5, 0.6) is 0 Å². The average Bonchev–Trinajstić information content (AvgIpc) is 2.60. The van der Waals surface area contributed by atoms with Crippen LogP contribution >= 0.6 is 11.6 Å². The van der Waals surface area contributed by atoms with Crippen molar-refractivity contribution in [2.75, 3.05) is 19.0 Å². The number of rotatable bonds is 6. The van der Waals surface area contributed by atoms with Gasteiger partial charge in [0.1, 0.15) is 0 Å². The van der Waals surface area contributed by atoms with E-state index in [1.165, 1.54) is 11.8 Å². The minimum atomic E-state index is -0.674. The van der Waals surface area contributed by atoms with E-state index in [1.807, 2.05) is 6.07 Å². The normalized spacial score (nSPS) is 10.2. The summed E-state index contributed by atoms with van der Waals surface area (Å²) in [6.45, 7) is 3.07. The largest absolute Gasteiger partial charge is 0.452 e. The highest BCUT2D eigenvalue weighted by Gasteiger charge is 2.18. The maximum Gasteiger partial charge on any atom is 0.340 e. The number of ether oxygens (including phenoxy) is 1. The van der Waals surface area contributed by atoms with Gasteiger partial charge >= 0.3 is 5.97 Å². The van der Waals surface area contributed by atoms with Crippen LogP contribution < -0.4 is 5.32 Å². The summed E-state index contributed by atoms with van der Waals surface area (Å²) >= 11 is 5.94. The number of nitrogens with one attached hydrogen (secondary N) is 1. The number of hydrogen-bond donors (Lipinski definition) is 1. The zero-order valence-corrected chi connectivity index (χ0v) is 16.2. The van der Waals surface area contributed by atoms with Crippen molar-refractivity contribution < 1.29 is 19.1 Å². The molecule has 2 amide bonds. The number of carbonyl (C=O) groups is 3. The Morgan fingerprint density at radius 2 is 1.85 bits per heavy atom.